The molecular formula is C18H17N5. The summed E-state index contributed by atoms with van der Waals surface area (Å²) in [6.45, 7) is 2.09. The van der Waals surface area contributed by atoms with Crippen LogP contribution in [0.1, 0.15) is 5.56 Å². The van der Waals surface area contributed by atoms with Crippen molar-refractivity contribution in [1.82, 2.24) is 14.5 Å². The molecular weight excluding hydrogens is 286 g/mol. The van der Waals surface area contributed by atoms with Crippen LogP contribution in [0.15, 0.2) is 42.6 Å². The summed E-state index contributed by atoms with van der Waals surface area (Å²) in [7, 11) is 2.03. The average molecular weight is 303 g/mol. The van der Waals surface area contributed by atoms with Crippen LogP contribution in [-0.2, 0) is 7.05 Å². The molecule has 0 saturated heterocycles. The highest BCUT2D eigenvalue weighted by Crippen LogP contribution is 2.36. The standard InChI is InChI=1S/C18H17N5/c1-10-4-3-5-11(8-10)13-9-14-15(17(19)22-18(20)21-14)12-6-7-23(2)16(12)13/h3-9H,1-2H3,(H4,19,20,21,22). The second-order valence-corrected chi connectivity index (χ2v) is 5.84. The Morgan fingerprint density at radius 2 is 1.87 bits per heavy atom. The van der Waals surface area contributed by atoms with E-state index in [2.05, 4.69) is 45.7 Å². The van der Waals surface area contributed by atoms with Gasteiger partial charge in [-0.1, -0.05) is 29.8 Å². The Hall–Kier alpha value is -3.08. The fourth-order valence-electron chi connectivity index (χ4n) is 3.20. The summed E-state index contributed by atoms with van der Waals surface area (Å²) >= 11 is 0. The quantitative estimate of drug-likeness (QED) is 0.565. The van der Waals surface area contributed by atoms with Crippen LogP contribution in [0.3, 0.4) is 0 Å². The van der Waals surface area contributed by atoms with Gasteiger partial charge in [-0.3, -0.25) is 0 Å². The molecule has 0 radical (unpaired) electrons. The van der Waals surface area contributed by atoms with Crippen molar-refractivity contribution in [1.29, 1.82) is 0 Å². The first-order valence-corrected chi connectivity index (χ1v) is 7.42. The van der Waals surface area contributed by atoms with Crippen LogP contribution < -0.4 is 11.5 Å². The van der Waals surface area contributed by atoms with E-state index >= 15 is 0 Å². The lowest BCUT2D eigenvalue weighted by Gasteiger charge is -2.11. The molecule has 0 aliphatic heterocycles. The fraction of sp³-hybridized carbons (Fsp3) is 0.111. The van der Waals surface area contributed by atoms with E-state index in [9.17, 15) is 0 Å². The van der Waals surface area contributed by atoms with Crippen LogP contribution in [0.4, 0.5) is 11.8 Å². The predicted molar refractivity (Wildman–Crippen MR) is 95.0 cm³/mol. The Morgan fingerprint density at radius 3 is 2.65 bits per heavy atom. The monoisotopic (exact) mass is 303 g/mol. The zero-order chi connectivity index (χ0) is 16.1. The van der Waals surface area contributed by atoms with Crippen molar-refractivity contribution in [2.45, 2.75) is 6.92 Å². The summed E-state index contributed by atoms with van der Waals surface area (Å²) in [6, 6.07) is 12.5. The lowest BCUT2D eigenvalue weighted by atomic mass is 9.98. The molecule has 0 fully saturated rings. The molecule has 0 aliphatic rings. The minimum Gasteiger partial charge on any atom is -0.383 e. The number of nitrogen functional groups attached to an aromatic ring is 2. The molecule has 2 aromatic heterocycles. The van der Waals surface area contributed by atoms with Gasteiger partial charge in [0.15, 0.2) is 0 Å². The Bertz CT molecular complexity index is 1060. The number of hydrogen-bond acceptors (Lipinski definition) is 4. The summed E-state index contributed by atoms with van der Waals surface area (Å²) in [5.74, 6) is 0.611. The molecule has 0 bridgehead atoms. The zero-order valence-corrected chi connectivity index (χ0v) is 13.0. The van der Waals surface area contributed by atoms with Crippen LogP contribution >= 0.6 is 0 Å². The molecule has 2 heterocycles. The summed E-state index contributed by atoms with van der Waals surface area (Å²) in [5, 5.41) is 1.89. The van der Waals surface area contributed by atoms with Crippen molar-refractivity contribution in [3.05, 3.63) is 48.2 Å². The van der Waals surface area contributed by atoms with E-state index in [4.69, 9.17) is 11.5 Å². The molecule has 23 heavy (non-hydrogen) atoms. The minimum absolute atomic E-state index is 0.195. The first-order chi connectivity index (χ1) is 11.0. The third-order valence-electron chi connectivity index (χ3n) is 4.19. The smallest absolute Gasteiger partial charge is 0.222 e. The molecule has 0 atom stereocenters. The van der Waals surface area contributed by atoms with Crippen LogP contribution in [0.25, 0.3) is 32.9 Å². The minimum atomic E-state index is 0.195. The van der Waals surface area contributed by atoms with Crippen LogP contribution in [0.5, 0.6) is 0 Å². The molecule has 0 spiro atoms. The van der Waals surface area contributed by atoms with Crippen molar-refractivity contribution >= 4 is 33.6 Å². The van der Waals surface area contributed by atoms with Gasteiger partial charge in [-0.05, 0) is 24.6 Å². The number of rotatable bonds is 1. The van der Waals surface area contributed by atoms with E-state index in [-0.39, 0.29) is 5.95 Å². The molecule has 4 N–H and O–H groups in total. The zero-order valence-electron chi connectivity index (χ0n) is 13.0. The first kappa shape index (κ1) is 13.6. The van der Waals surface area contributed by atoms with E-state index in [1.165, 1.54) is 5.56 Å². The Morgan fingerprint density at radius 1 is 1.04 bits per heavy atom. The summed E-state index contributed by atoms with van der Waals surface area (Å²) in [4.78, 5) is 8.49. The maximum atomic E-state index is 6.10. The Labute approximate surface area is 133 Å². The molecule has 5 nitrogen and oxygen atoms in total. The van der Waals surface area contributed by atoms with E-state index in [0.717, 1.165) is 32.9 Å². The number of anilines is 2. The lowest BCUT2D eigenvalue weighted by Crippen LogP contribution is -2.01. The number of aromatic nitrogens is 3. The van der Waals surface area contributed by atoms with E-state index in [0.29, 0.717) is 5.82 Å². The van der Waals surface area contributed by atoms with Crippen molar-refractivity contribution in [2.75, 3.05) is 11.5 Å². The number of nitrogens with two attached hydrogens (primary N) is 2. The second-order valence-electron chi connectivity index (χ2n) is 5.84. The molecule has 0 amide bonds. The molecule has 0 aliphatic carbocycles. The van der Waals surface area contributed by atoms with Crippen molar-refractivity contribution in [3.63, 3.8) is 0 Å². The SMILES string of the molecule is Cc1cccc(-c2cc3nc(N)nc(N)c3c3ccn(C)c23)c1. The summed E-state index contributed by atoms with van der Waals surface area (Å²) in [5.41, 5.74) is 17.2. The maximum Gasteiger partial charge on any atom is 0.222 e. The topological polar surface area (TPSA) is 82.8 Å². The third kappa shape index (κ3) is 2.01. The predicted octanol–water partition coefficient (Wildman–Crippen LogP) is 3.26. The normalized spacial score (nSPS) is 11.4. The van der Waals surface area contributed by atoms with E-state index in [1.807, 2.05) is 25.4 Å². The van der Waals surface area contributed by atoms with Gasteiger partial charge in [0.2, 0.25) is 5.95 Å². The highest BCUT2D eigenvalue weighted by Gasteiger charge is 2.15. The lowest BCUT2D eigenvalue weighted by molar-refractivity contribution is 0.970. The molecule has 2 aromatic carbocycles. The van der Waals surface area contributed by atoms with Crippen LogP contribution in [0.2, 0.25) is 0 Å². The molecule has 5 heteroatoms. The van der Waals surface area contributed by atoms with Crippen molar-refractivity contribution < 1.29 is 0 Å². The van der Waals surface area contributed by atoms with Crippen LogP contribution in [-0.4, -0.2) is 14.5 Å². The average Bonchev–Trinajstić information content (AvgIpc) is 2.88. The largest absolute Gasteiger partial charge is 0.383 e. The summed E-state index contributed by atoms with van der Waals surface area (Å²) in [6.07, 6.45) is 2.03. The number of hydrogen-bond donors (Lipinski definition) is 2. The van der Waals surface area contributed by atoms with E-state index in [1.54, 1.807) is 0 Å². The van der Waals surface area contributed by atoms with Gasteiger partial charge >= 0.3 is 0 Å². The Balaban J connectivity index is 2.20. The number of fused-ring (bicyclic) bond motifs is 3. The van der Waals surface area contributed by atoms with Gasteiger partial charge in [0.05, 0.1) is 16.4 Å². The van der Waals surface area contributed by atoms with Gasteiger partial charge in [-0.25, -0.2) is 4.98 Å². The highest BCUT2D eigenvalue weighted by molar-refractivity contribution is 6.15. The molecule has 114 valence electrons. The third-order valence-corrected chi connectivity index (χ3v) is 4.19. The first-order valence-electron chi connectivity index (χ1n) is 7.42. The second kappa shape index (κ2) is 4.71. The summed E-state index contributed by atoms with van der Waals surface area (Å²) < 4.78 is 2.10. The number of benzene rings is 2. The Kier molecular flexibility index (Phi) is 2.78. The van der Waals surface area contributed by atoms with Crippen molar-refractivity contribution in [2.24, 2.45) is 7.05 Å². The highest BCUT2D eigenvalue weighted by atomic mass is 15.0. The number of nitrogens with zero attached hydrogens (tertiary/aromatic N) is 3. The fourth-order valence-corrected chi connectivity index (χ4v) is 3.20. The van der Waals surface area contributed by atoms with Gasteiger partial charge in [-0.15, -0.1) is 0 Å². The van der Waals surface area contributed by atoms with Gasteiger partial charge in [-0.2, -0.15) is 4.98 Å². The number of aryl methyl sites for hydroxylation is 2. The van der Waals surface area contributed by atoms with E-state index < -0.39 is 0 Å². The molecule has 0 saturated carbocycles. The molecule has 4 aromatic rings. The maximum absolute atomic E-state index is 6.10. The molecule has 4 rings (SSSR count). The van der Waals surface area contributed by atoms with Crippen molar-refractivity contribution in [3.8, 4) is 11.1 Å². The van der Waals surface area contributed by atoms with Gasteiger partial charge < -0.3 is 16.0 Å². The van der Waals surface area contributed by atoms with Gasteiger partial charge in [0, 0.05) is 24.2 Å². The molecule has 0 unspecified atom stereocenters. The van der Waals surface area contributed by atoms with Gasteiger partial charge in [0.25, 0.3) is 0 Å². The van der Waals surface area contributed by atoms with Crippen LogP contribution in [0, 0.1) is 6.92 Å². The van der Waals surface area contributed by atoms with Gasteiger partial charge in [0.1, 0.15) is 5.82 Å².